The van der Waals surface area contributed by atoms with Crippen LogP contribution >= 0.6 is 0 Å². The fraction of sp³-hybridized carbons (Fsp3) is 0.0462. The zero-order chi connectivity index (χ0) is 45.3. The van der Waals surface area contributed by atoms with Crippen LogP contribution < -0.4 is 9.30 Å². The van der Waals surface area contributed by atoms with Crippen molar-refractivity contribution in [3.8, 4) is 66.8 Å². The quantitative estimate of drug-likeness (QED) is 0.124. The van der Waals surface area contributed by atoms with Crippen molar-refractivity contribution < 1.29 is 0 Å². The molecule has 0 aliphatic heterocycles. The summed E-state index contributed by atoms with van der Waals surface area (Å²) in [7, 11) is 0. The minimum atomic E-state index is -1.91. The standard InChI is InChI=1S/C65H51GeN/c1-66(2,3)62-33-26-60-44-59(24-25-61(60)45-62)57-21-11-19-55(42-57)50-31-38-65(39-32-50)67(63-34-27-48(28-35-63)53-17-9-16-52(40-53)46-12-5-4-6-13-46)64-36-29-49(30-37-64)54-18-10-20-56(41-54)58-23-22-47-14-7-8-15-51(47)43-58/h4-45H,1-3H3. The van der Waals surface area contributed by atoms with E-state index in [-0.39, 0.29) is 0 Å². The van der Waals surface area contributed by atoms with Gasteiger partial charge in [-0.3, -0.25) is 0 Å². The van der Waals surface area contributed by atoms with Gasteiger partial charge < -0.3 is 4.90 Å². The van der Waals surface area contributed by atoms with Gasteiger partial charge in [-0.1, -0.05) is 127 Å². The Hall–Kier alpha value is -7.72. The van der Waals surface area contributed by atoms with Gasteiger partial charge in [0.2, 0.25) is 0 Å². The summed E-state index contributed by atoms with van der Waals surface area (Å²) >= 11 is -1.91. The van der Waals surface area contributed by atoms with E-state index in [0.29, 0.717) is 0 Å². The van der Waals surface area contributed by atoms with Crippen molar-refractivity contribution in [1.82, 2.24) is 0 Å². The Balaban J connectivity index is 0.916. The first-order valence-corrected chi connectivity index (χ1v) is 30.6. The first-order chi connectivity index (χ1) is 32.8. The summed E-state index contributed by atoms with van der Waals surface area (Å²) in [5.74, 6) is 7.38. The van der Waals surface area contributed by atoms with Crippen LogP contribution in [-0.4, -0.2) is 13.3 Å². The molecular formula is C65H51GeN. The molecule has 11 aromatic carbocycles. The van der Waals surface area contributed by atoms with Crippen LogP contribution in [-0.2, 0) is 0 Å². The molecule has 0 N–H and O–H groups in total. The maximum atomic E-state index is 2.46. The molecule has 0 spiro atoms. The molecule has 2 heteroatoms. The van der Waals surface area contributed by atoms with Crippen LogP contribution in [0.1, 0.15) is 0 Å². The second-order valence-corrected chi connectivity index (χ2v) is 29.3. The molecule has 0 saturated carbocycles. The van der Waals surface area contributed by atoms with Gasteiger partial charge in [-0.15, -0.1) is 0 Å². The van der Waals surface area contributed by atoms with Crippen molar-refractivity contribution in [3.05, 3.63) is 255 Å². The van der Waals surface area contributed by atoms with E-state index >= 15 is 0 Å². The number of hydrogen-bond donors (Lipinski definition) is 0. The summed E-state index contributed by atoms with van der Waals surface area (Å²) in [4.78, 5) is 2.36. The average molecular weight is 919 g/mol. The van der Waals surface area contributed by atoms with Crippen molar-refractivity contribution in [1.29, 1.82) is 0 Å². The van der Waals surface area contributed by atoms with Gasteiger partial charge in [0.05, 0.1) is 0 Å². The molecule has 1 nitrogen and oxygen atoms in total. The molecule has 320 valence electrons. The fourth-order valence-corrected chi connectivity index (χ4v) is 11.8. The number of hydrogen-bond acceptors (Lipinski definition) is 1. The number of fused-ring (bicyclic) bond motifs is 2. The molecule has 0 amide bonds. The second kappa shape index (κ2) is 17.9. The Kier molecular flexibility index (Phi) is 11.2. The molecule has 0 fully saturated rings. The number of nitrogens with zero attached hydrogens (tertiary/aromatic N) is 1. The number of rotatable bonds is 10. The topological polar surface area (TPSA) is 3.24 Å². The van der Waals surface area contributed by atoms with Gasteiger partial charge in [-0.05, 0) is 97.7 Å². The van der Waals surface area contributed by atoms with E-state index in [2.05, 4.69) is 277 Å². The predicted octanol–water partition coefficient (Wildman–Crippen LogP) is 18.0. The zero-order valence-electron chi connectivity index (χ0n) is 38.2. The van der Waals surface area contributed by atoms with Gasteiger partial charge in [-0.2, -0.15) is 0 Å². The normalized spacial score (nSPS) is 11.5. The van der Waals surface area contributed by atoms with Crippen molar-refractivity contribution >= 4 is 56.3 Å². The van der Waals surface area contributed by atoms with Crippen molar-refractivity contribution in [2.45, 2.75) is 17.3 Å². The van der Waals surface area contributed by atoms with Gasteiger partial charge in [0.1, 0.15) is 0 Å². The molecule has 0 aliphatic carbocycles. The van der Waals surface area contributed by atoms with Crippen molar-refractivity contribution in [3.63, 3.8) is 0 Å². The summed E-state index contributed by atoms with van der Waals surface area (Å²) in [6, 6.07) is 93.6. The van der Waals surface area contributed by atoms with Gasteiger partial charge in [0.25, 0.3) is 0 Å². The Bertz CT molecular complexity index is 3530. The molecule has 0 radical (unpaired) electrons. The predicted molar refractivity (Wildman–Crippen MR) is 292 cm³/mol. The monoisotopic (exact) mass is 919 g/mol. The molecule has 67 heavy (non-hydrogen) atoms. The third-order valence-electron chi connectivity index (χ3n) is 13.2. The van der Waals surface area contributed by atoms with Gasteiger partial charge >= 0.3 is 153 Å². The minimum absolute atomic E-state index is 1.09. The van der Waals surface area contributed by atoms with E-state index < -0.39 is 13.3 Å². The van der Waals surface area contributed by atoms with Crippen molar-refractivity contribution in [2.75, 3.05) is 4.90 Å². The fourth-order valence-electron chi connectivity index (χ4n) is 9.38. The van der Waals surface area contributed by atoms with E-state index in [4.69, 9.17) is 0 Å². The molecule has 0 saturated heterocycles. The summed E-state index contributed by atoms with van der Waals surface area (Å²) in [5.41, 5.74) is 17.7. The first-order valence-electron chi connectivity index (χ1n) is 23.3. The van der Waals surface area contributed by atoms with Crippen LogP contribution in [0.3, 0.4) is 0 Å². The number of benzene rings is 11. The second-order valence-electron chi connectivity index (χ2n) is 18.7. The summed E-state index contributed by atoms with van der Waals surface area (Å²) in [5, 5.41) is 5.12. The van der Waals surface area contributed by atoms with E-state index in [1.54, 1.807) is 4.40 Å². The molecule has 11 rings (SSSR count). The van der Waals surface area contributed by atoms with Crippen LogP contribution in [0.15, 0.2) is 255 Å². The Morgan fingerprint density at radius 2 is 0.522 bits per heavy atom. The summed E-state index contributed by atoms with van der Waals surface area (Å²) in [6.07, 6.45) is 0. The van der Waals surface area contributed by atoms with Gasteiger partial charge in [0.15, 0.2) is 0 Å². The summed E-state index contributed by atoms with van der Waals surface area (Å²) in [6.45, 7) is 0. The van der Waals surface area contributed by atoms with Gasteiger partial charge in [0, 0.05) is 17.1 Å². The van der Waals surface area contributed by atoms with Crippen LogP contribution in [0.4, 0.5) is 17.1 Å². The molecular weight excluding hydrogens is 867 g/mol. The molecule has 0 aromatic heterocycles. The molecule has 11 aromatic rings. The van der Waals surface area contributed by atoms with Crippen LogP contribution in [0.5, 0.6) is 0 Å². The van der Waals surface area contributed by atoms with Crippen LogP contribution in [0.25, 0.3) is 88.3 Å². The van der Waals surface area contributed by atoms with E-state index in [0.717, 1.165) is 17.1 Å². The van der Waals surface area contributed by atoms with E-state index in [1.807, 2.05) is 0 Å². The Morgan fingerprint density at radius 1 is 0.224 bits per heavy atom. The van der Waals surface area contributed by atoms with Crippen molar-refractivity contribution in [2.24, 2.45) is 0 Å². The summed E-state index contributed by atoms with van der Waals surface area (Å²) < 4.78 is 1.54. The SMILES string of the molecule is [CH3][Ge]([CH3])([CH3])[c]1ccc2cc(-c3cccc(-c4ccc(N(c5ccc(-c6cccc(-c7ccccc7)c6)cc5)c5ccc(-c6cccc(-c7ccc8ccccc8c7)c6)cc5)cc4)c3)ccc2c1. The molecule has 0 bridgehead atoms. The Morgan fingerprint density at radius 3 is 0.970 bits per heavy atom. The third-order valence-corrected chi connectivity index (χ3v) is 17.5. The van der Waals surface area contributed by atoms with Crippen LogP contribution in [0.2, 0.25) is 17.3 Å². The van der Waals surface area contributed by atoms with E-state index in [1.165, 1.54) is 88.3 Å². The molecule has 0 atom stereocenters. The Labute approximate surface area is 397 Å². The average Bonchev–Trinajstić information content (AvgIpc) is 3.39. The van der Waals surface area contributed by atoms with E-state index in [9.17, 15) is 0 Å². The van der Waals surface area contributed by atoms with Gasteiger partial charge in [-0.25, -0.2) is 0 Å². The third kappa shape index (κ3) is 8.87. The molecule has 0 aliphatic rings. The first kappa shape index (κ1) is 42.0. The maximum absolute atomic E-state index is 2.46. The zero-order valence-corrected chi connectivity index (χ0v) is 40.3. The molecule has 0 heterocycles. The van der Waals surface area contributed by atoms with Crippen LogP contribution in [0, 0.1) is 0 Å². The number of anilines is 3. The molecule has 0 unspecified atom stereocenters.